The summed E-state index contributed by atoms with van der Waals surface area (Å²) in [6.07, 6.45) is -4.63. The minimum Gasteiger partial charge on any atom is -0.454 e. The standard InChI is InChI=1S/C19H18ClF3N2O3/c1-18(2,11-6-7-14-15(8-11)28-10-27-14)24-9-16(26)25-17-12(19(21,22)23)4-3-5-13(17)20/h3-8,24H,9-10H2,1-2H3,(H,25,26). The number of hydrogen-bond acceptors (Lipinski definition) is 4. The second-order valence-corrected chi connectivity index (χ2v) is 7.16. The molecule has 150 valence electrons. The Balaban J connectivity index is 1.69. The van der Waals surface area contributed by atoms with E-state index in [9.17, 15) is 18.0 Å². The Morgan fingerprint density at radius 2 is 1.86 bits per heavy atom. The molecule has 0 saturated heterocycles. The summed E-state index contributed by atoms with van der Waals surface area (Å²) in [5, 5.41) is 5.10. The average molecular weight is 415 g/mol. The fourth-order valence-corrected chi connectivity index (χ4v) is 2.98. The van der Waals surface area contributed by atoms with Gasteiger partial charge in [-0.3, -0.25) is 10.1 Å². The first-order valence-corrected chi connectivity index (χ1v) is 8.76. The highest BCUT2D eigenvalue weighted by atomic mass is 35.5. The SMILES string of the molecule is CC(C)(NCC(=O)Nc1c(Cl)cccc1C(F)(F)F)c1ccc2c(c1)OCO2. The molecule has 2 aromatic carbocycles. The second-order valence-electron chi connectivity index (χ2n) is 6.75. The van der Waals surface area contributed by atoms with E-state index in [0.29, 0.717) is 11.5 Å². The number of anilines is 1. The molecule has 3 rings (SSSR count). The molecule has 1 aliphatic rings. The van der Waals surface area contributed by atoms with E-state index in [0.717, 1.165) is 11.6 Å². The first kappa shape index (κ1) is 20.3. The van der Waals surface area contributed by atoms with Crippen LogP contribution in [0, 0.1) is 0 Å². The van der Waals surface area contributed by atoms with Crippen LogP contribution in [0.25, 0.3) is 0 Å². The molecular formula is C19H18ClF3N2O3. The summed E-state index contributed by atoms with van der Waals surface area (Å²) in [7, 11) is 0. The summed E-state index contributed by atoms with van der Waals surface area (Å²) in [5.74, 6) is 0.589. The van der Waals surface area contributed by atoms with Gasteiger partial charge in [0.1, 0.15) is 0 Å². The zero-order chi connectivity index (χ0) is 20.5. The largest absolute Gasteiger partial charge is 0.454 e. The van der Waals surface area contributed by atoms with Crippen molar-refractivity contribution in [2.75, 3.05) is 18.7 Å². The van der Waals surface area contributed by atoms with Gasteiger partial charge in [-0.25, -0.2) is 0 Å². The van der Waals surface area contributed by atoms with Gasteiger partial charge in [-0.05, 0) is 43.7 Å². The number of benzene rings is 2. The van der Waals surface area contributed by atoms with Crippen LogP contribution in [0.2, 0.25) is 5.02 Å². The molecule has 0 radical (unpaired) electrons. The highest BCUT2D eigenvalue weighted by Crippen LogP contribution is 2.38. The third-order valence-electron chi connectivity index (χ3n) is 4.37. The smallest absolute Gasteiger partial charge is 0.418 e. The number of nitrogens with one attached hydrogen (secondary N) is 2. The van der Waals surface area contributed by atoms with Gasteiger partial charge in [0, 0.05) is 5.54 Å². The van der Waals surface area contributed by atoms with Crippen LogP contribution in [0.1, 0.15) is 25.0 Å². The van der Waals surface area contributed by atoms with Gasteiger partial charge in [0.05, 0.1) is 22.8 Å². The molecule has 2 N–H and O–H groups in total. The van der Waals surface area contributed by atoms with E-state index >= 15 is 0 Å². The summed E-state index contributed by atoms with van der Waals surface area (Å²) < 4.78 is 50.0. The predicted octanol–water partition coefficient (Wildman–Crippen LogP) is 4.55. The lowest BCUT2D eigenvalue weighted by Crippen LogP contribution is -2.41. The topological polar surface area (TPSA) is 59.6 Å². The molecular weight excluding hydrogens is 397 g/mol. The van der Waals surface area contributed by atoms with Crippen molar-refractivity contribution in [3.63, 3.8) is 0 Å². The van der Waals surface area contributed by atoms with Crippen molar-refractivity contribution >= 4 is 23.2 Å². The molecule has 0 unspecified atom stereocenters. The fraction of sp³-hybridized carbons (Fsp3) is 0.316. The van der Waals surface area contributed by atoms with E-state index in [1.807, 2.05) is 19.9 Å². The maximum atomic E-state index is 13.1. The molecule has 0 saturated carbocycles. The van der Waals surface area contributed by atoms with Gasteiger partial charge >= 0.3 is 6.18 Å². The number of carbonyl (C=O) groups excluding carboxylic acids is 1. The molecule has 0 aliphatic carbocycles. The summed E-state index contributed by atoms with van der Waals surface area (Å²) in [6, 6.07) is 8.72. The van der Waals surface area contributed by atoms with Crippen LogP contribution >= 0.6 is 11.6 Å². The number of halogens is 4. The number of ether oxygens (including phenoxy) is 2. The summed E-state index contributed by atoms with van der Waals surface area (Å²) in [6.45, 7) is 3.61. The van der Waals surface area contributed by atoms with Crippen LogP contribution in [-0.4, -0.2) is 19.2 Å². The molecule has 1 amide bonds. The molecule has 1 heterocycles. The van der Waals surface area contributed by atoms with Crippen molar-refractivity contribution < 1.29 is 27.4 Å². The van der Waals surface area contributed by atoms with E-state index in [1.165, 1.54) is 12.1 Å². The molecule has 1 aliphatic heterocycles. The van der Waals surface area contributed by atoms with Crippen molar-refractivity contribution in [3.05, 3.63) is 52.5 Å². The van der Waals surface area contributed by atoms with Crippen molar-refractivity contribution in [3.8, 4) is 11.5 Å². The predicted molar refractivity (Wildman–Crippen MR) is 98.7 cm³/mol. The van der Waals surface area contributed by atoms with E-state index in [1.54, 1.807) is 12.1 Å². The molecule has 9 heteroatoms. The number of rotatable bonds is 5. The van der Waals surface area contributed by atoms with Crippen molar-refractivity contribution in [2.45, 2.75) is 25.6 Å². The van der Waals surface area contributed by atoms with Crippen LogP contribution in [0.5, 0.6) is 11.5 Å². The Kier molecular flexibility index (Phi) is 5.45. The third-order valence-corrected chi connectivity index (χ3v) is 4.68. The Morgan fingerprint density at radius 3 is 2.57 bits per heavy atom. The van der Waals surface area contributed by atoms with Crippen LogP contribution in [-0.2, 0) is 16.5 Å². The van der Waals surface area contributed by atoms with Gasteiger partial charge in [-0.2, -0.15) is 13.2 Å². The minimum absolute atomic E-state index is 0.147. The lowest BCUT2D eigenvalue weighted by atomic mass is 9.94. The van der Waals surface area contributed by atoms with Crippen LogP contribution in [0.4, 0.5) is 18.9 Å². The Hall–Kier alpha value is -2.45. The highest BCUT2D eigenvalue weighted by Gasteiger charge is 2.35. The zero-order valence-corrected chi connectivity index (χ0v) is 15.9. The number of para-hydroxylation sites is 1. The van der Waals surface area contributed by atoms with Gasteiger partial charge in [-0.15, -0.1) is 0 Å². The highest BCUT2D eigenvalue weighted by molar-refractivity contribution is 6.34. The third kappa shape index (κ3) is 4.34. The van der Waals surface area contributed by atoms with Crippen LogP contribution in [0.3, 0.4) is 0 Å². The van der Waals surface area contributed by atoms with Gasteiger partial charge in [0.25, 0.3) is 0 Å². The number of fused-ring (bicyclic) bond motifs is 1. The van der Waals surface area contributed by atoms with Crippen molar-refractivity contribution in [1.82, 2.24) is 5.32 Å². The van der Waals surface area contributed by atoms with E-state index < -0.39 is 28.9 Å². The zero-order valence-electron chi connectivity index (χ0n) is 15.1. The monoisotopic (exact) mass is 414 g/mol. The lowest BCUT2D eigenvalue weighted by molar-refractivity contribution is -0.137. The molecule has 0 fully saturated rings. The Bertz CT molecular complexity index is 900. The van der Waals surface area contributed by atoms with Gasteiger partial charge in [-0.1, -0.05) is 23.7 Å². The number of hydrogen-bond donors (Lipinski definition) is 2. The normalized spacial score (nSPS) is 13.5. The van der Waals surface area contributed by atoms with Crippen molar-refractivity contribution in [1.29, 1.82) is 0 Å². The van der Waals surface area contributed by atoms with E-state index in [-0.39, 0.29) is 18.4 Å². The van der Waals surface area contributed by atoms with E-state index in [2.05, 4.69) is 10.6 Å². The van der Waals surface area contributed by atoms with Gasteiger partial charge < -0.3 is 14.8 Å². The van der Waals surface area contributed by atoms with Gasteiger partial charge in [0.2, 0.25) is 12.7 Å². The first-order chi connectivity index (χ1) is 13.1. The second kappa shape index (κ2) is 7.52. The molecule has 0 bridgehead atoms. The fourth-order valence-electron chi connectivity index (χ4n) is 2.76. The molecule has 2 aromatic rings. The molecule has 0 aromatic heterocycles. The Labute approximate surface area is 164 Å². The molecule has 0 atom stereocenters. The summed E-state index contributed by atoms with van der Waals surface area (Å²) >= 11 is 5.86. The maximum Gasteiger partial charge on any atom is 0.418 e. The number of carbonyl (C=O) groups is 1. The molecule has 0 spiro atoms. The molecule has 5 nitrogen and oxygen atoms in total. The van der Waals surface area contributed by atoms with Crippen molar-refractivity contribution in [2.24, 2.45) is 0 Å². The van der Waals surface area contributed by atoms with Crippen LogP contribution < -0.4 is 20.1 Å². The van der Waals surface area contributed by atoms with Gasteiger partial charge in [0.15, 0.2) is 11.5 Å². The Morgan fingerprint density at radius 1 is 1.14 bits per heavy atom. The minimum atomic E-state index is -4.63. The first-order valence-electron chi connectivity index (χ1n) is 8.38. The molecule has 28 heavy (non-hydrogen) atoms. The van der Waals surface area contributed by atoms with Crippen LogP contribution in [0.15, 0.2) is 36.4 Å². The average Bonchev–Trinajstić information content (AvgIpc) is 3.08. The quantitative estimate of drug-likeness (QED) is 0.753. The lowest BCUT2D eigenvalue weighted by Gasteiger charge is -2.27. The number of amides is 1. The maximum absolute atomic E-state index is 13.1. The summed E-state index contributed by atoms with van der Waals surface area (Å²) in [5.41, 5.74) is -1.27. The van der Waals surface area contributed by atoms with E-state index in [4.69, 9.17) is 21.1 Å². The summed E-state index contributed by atoms with van der Waals surface area (Å²) in [4.78, 5) is 12.3. The number of alkyl halides is 3.